The molecule has 2 aromatic carbocycles. The summed E-state index contributed by atoms with van der Waals surface area (Å²) in [4.78, 5) is 16.4. The maximum atomic E-state index is 13.8. The molecule has 1 aliphatic heterocycles. The summed E-state index contributed by atoms with van der Waals surface area (Å²) >= 11 is 0. The van der Waals surface area contributed by atoms with Crippen LogP contribution in [0.4, 0.5) is 4.39 Å². The van der Waals surface area contributed by atoms with E-state index in [-0.39, 0.29) is 11.4 Å². The Balaban J connectivity index is 1.94. The first-order valence-corrected chi connectivity index (χ1v) is 7.19. The number of nitrogens with zero attached hydrogens (tertiary/aromatic N) is 2. The van der Waals surface area contributed by atoms with Crippen molar-refractivity contribution < 1.29 is 4.39 Å². The van der Waals surface area contributed by atoms with Crippen molar-refractivity contribution in [2.75, 3.05) is 0 Å². The molecule has 108 valence electrons. The van der Waals surface area contributed by atoms with Crippen LogP contribution < -0.4 is 5.56 Å². The number of allylic oxidation sites excluding steroid dienone is 1. The van der Waals surface area contributed by atoms with Gasteiger partial charge in [0.15, 0.2) is 0 Å². The predicted molar refractivity (Wildman–Crippen MR) is 84.9 cm³/mol. The molecule has 0 aliphatic carbocycles. The van der Waals surface area contributed by atoms with Crippen molar-refractivity contribution in [3.05, 3.63) is 76.1 Å². The van der Waals surface area contributed by atoms with E-state index in [1.165, 1.54) is 6.07 Å². The lowest BCUT2D eigenvalue weighted by molar-refractivity contribution is 0.625. The minimum absolute atomic E-state index is 0.233. The monoisotopic (exact) mass is 292 g/mol. The summed E-state index contributed by atoms with van der Waals surface area (Å²) in [6.45, 7) is 0.753. The van der Waals surface area contributed by atoms with E-state index in [4.69, 9.17) is 0 Å². The van der Waals surface area contributed by atoms with Crippen LogP contribution in [0.25, 0.3) is 22.6 Å². The molecule has 0 N–H and O–H groups in total. The normalized spacial score (nSPS) is 15.4. The first-order valence-electron chi connectivity index (χ1n) is 7.19. The number of fused-ring (bicyclic) bond motifs is 3. The van der Waals surface area contributed by atoms with Gasteiger partial charge in [0.05, 0.1) is 10.9 Å². The van der Waals surface area contributed by atoms with Crippen LogP contribution in [0.1, 0.15) is 17.8 Å². The van der Waals surface area contributed by atoms with Crippen LogP contribution in [0, 0.1) is 5.82 Å². The van der Waals surface area contributed by atoms with Gasteiger partial charge in [-0.15, -0.1) is 0 Å². The maximum Gasteiger partial charge on any atom is 0.281 e. The van der Waals surface area contributed by atoms with E-state index in [0.717, 1.165) is 24.1 Å². The SMILES string of the molecule is O=c1nc2n(c3ccccc13)CCC2=Cc1ccccc1F. The summed E-state index contributed by atoms with van der Waals surface area (Å²) in [6, 6.07) is 14.1. The molecule has 3 nitrogen and oxygen atoms in total. The highest BCUT2D eigenvalue weighted by molar-refractivity contribution is 5.85. The quantitative estimate of drug-likeness (QED) is 0.688. The third kappa shape index (κ3) is 1.96. The van der Waals surface area contributed by atoms with E-state index in [2.05, 4.69) is 4.98 Å². The molecular formula is C18H13FN2O. The molecule has 0 atom stereocenters. The number of benzene rings is 2. The molecule has 4 heteroatoms. The van der Waals surface area contributed by atoms with Gasteiger partial charge < -0.3 is 4.57 Å². The topological polar surface area (TPSA) is 34.9 Å². The van der Waals surface area contributed by atoms with Gasteiger partial charge in [0.25, 0.3) is 5.56 Å². The Hall–Kier alpha value is -2.75. The van der Waals surface area contributed by atoms with Gasteiger partial charge in [0.2, 0.25) is 0 Å². The fourth-order valence-electron chi connectivity index (χ4n) is 2.95. The molecule has 0 saturated heterocycles. The van der Waals surface area contributed by atoms with Gasteiger partial charge in [0.1, 0.15) is 11.6 Å². The van der Waals surface area contributed by atoms with Crippen molar-refractivity contribution in [2.24, 2.45) is 0 Å². The van der Waals surface area contributed by atoms with Gasteiger partial charge in [-0.2, -0.15) is 4.98 Å². The smallest absolute Gasteiger partial charge is 0.281 e. The van der Waals surface area contributed by atoms with Crippen LogP contribution in [-0.2, 0) is 6.54 Å². The van der Waals surface area contributed by atoms with E-state index < -0.39 is 0 Å². The van der Waals surface area contributed by atoms with E-state index in [1.807, 2.05) is 22.8 Å². The average Bonchev–Trinajstić information content (AvgIpc) is 2.93. The van der Waals surface area contributed by atoms with Crippen molar-refractivity contribution in [2.45, 2.75) is 13.0 Å². The fourth-order valence-corrected chi connectivity index (χ4v) is 2.95. The van der Waals surface area contributed by atoms with Crippen molar-refractivity contribution in [3.8, 4) is 0 Å². The van der Waals surface area contributed by atoms with Gasteiger partial charge in [-0.1, -0.05) is 30.3 Å². The maximum absolute atomic E-state index is 13.8. The summed E-state index contributed by atoms with van der Waals surface area (Å²) in [5.74, 6) is 0.378. The Kier molecular flexibility index (Phi) is 2.89. The highest BCUT2D eigenvalue weighted by Crippen LogP contribution is 2.29. The Bertz CT molecular complexity index is 972. The minimum atomic E-state index is -0.267. The number of rotatable bonds is 1. The molecule has 0 unspecified atom stereocenters. The minimum Gasteiger partial charge on any atom is -0.325 e. The molecule has 0 amide bonds. The Morgan fingerprint density at radius 2 is 1.86 bits per heavy atom. The van der Waals surface area contributed by atoms with Gasteiger partial charge in [-0.05, 0) is 36.3 Å². The summed E-state index contributed by atoms with van der Waals surface area (Å²) in [5, 5.41) is 0.624. The zero-order valence-electron chi connectivity index (χ0n) is 11.8. The number of aryl methyl sites for hydroxylation is 1. The van der Waals surface area contributed by atoms with E-state index in [0.29, 0.717) is 16.8 Å². The summed E-state index contributed by atoms with van der Waals surface area (Å²) in [7, 11) is 0. The Labute approximate surface area is 126 Å². The standard InChI is InChI=1S/C18H13FN2O/c19-15-7-3-1-5-12(15)11-13-9-10-21-16-8-4-2-6-14(16)18(22)20-17(13)21/h1-8,11H,9-10H2. The molecule has 0 fully saturated rings. The van der Waals surface area contributed by atoms with Crippen LogP contribution in [0.5, 0.6) is 0 Å². The lowest BCUT2D eigenvalue weighted by Crippen LogP contribution is -2.14. The highest BCUT2D eigenvalue weighted by atomic mass is 19.1. The Morgan fingerprint density at radius 1 is 1.09 bits per heavy atom. The molecule has 2 heterocycles. The predicted octanol–water partition coefficient (Wildman–Crippen LogP) is 3.48. The molecule has 1 aliphatic rings. The number of hydrogen-bond acceptors (Lipinski definition) is 2. The second-order valence-corrected chi connectivity index (χ2v) is 5.35. The van der Waals surface area contributed by atoms with Gasteiger partial charge in [0, 0.05) is 12.1 Å². The number of para-hydroxylation sites is 1. The fraction of sp³-hybridized carbons (Fsp3) is 0.111. The van der Waals surface area contributed by atoms with Crippen molar-refractivity contribution in [1.82, 2.24) is 9.55 Å². The second-order valence-electron chi connectivity index (χ2n) is 5.35. The van der Waals surface area contributed by atoms with Crippen molar-refractivity contribution in [3.63, 3.8) is 0 Å². The zero-order chi connectivity index (χ0) is 15.1. The number of aromatic nitrogens is 2. The lowest BCUT2D eigenvalue weighted by Gasteiger charge is -2.07. The molecule has 22 heavy (non-hydrogen) atoms. The summed E-state index contributed by atoms with van der Waals surface area (Å²) < 4.78 is 15.8. The lowest BCUT2D eigenvalue weighted by atomic mass is 10.1. The largest absolute Gasteiger partial charge is 0.325 e. The van der Waals surface area contributed by atoms with E-state index in [9.17, 15) is 9.18 Å². The van der Waals surface area contributed by atoms with E-state index >= 15 is 0 Å². The highest BCUT2D eigenvalue weighted by Gasteiger charge is 2.20. The molecular weight excluding hydrogens is 279 g/mol. The average molecular weight is 292 g/mol. The van der Waals surface area contributed by atoms with Crippen LogP contribution in [0.15, 0.2) is 53.3 Å². The van der Waals surface area contributed by atoms with Gasteiger partial charge in [-0.3, -0.25) is 4.79 Å². The van der Waals surface area contributed by atoms with Crippen LogP contribution in [-0.4, -0.2) is 9.55 Å². The van der Waals surface area contributed by atoms with Crippen LogP contribution >= 0.6 is 0 Å². The molecule has 4 rings (SSSR count). The van der Waals surface area contributed by atoms with E-state index in [1.54, 1.807) is 30.3 Å². The first kappa shape index (κ1) is 13.0. The zero-order valence-corrected chi connectivity index (χ0v) is 11.8. The number of hydrogen-bond donors (Lipinski definition) is 0. The van der Waals surface area contributed by atoms with Crippen LogP contribution in [0.3, 0.4) is 0 Å². The summed E-state index contributed by atoms with van der Waals surface area (Å²) in [6.07, 6.45) is 2.53. The Morgan fingerprint density at radius 3 is 2.73 bits per heavy atom. The third-order valence-corrected chi connectivity index (χ3v) is 4.02. The third-order valence-electron chi connectivity index (χ3n) is 4.02. The second kappa shape index (κ2) is 4.91. The van der Waals surface area contributed by atoms with Gasteiger partial charge >= 0.3 is 0 Å². The molecule has 3 aromatic rings. The molecule has 0 spiro atoms. The summed E-state index contributed by atoms with van der Waals surface area (Å²) in [5.41, 5.74) is 2.07. The van der Waals surface area contributed by atoms with Gasteiger partial charge in [-0.25, -0.2) is 4.39 Å². The molecule has 1 aromatic heterocycles. The number of halogens is 1. The molecule has 0 bridgehead atoms. The molecule has 0 saturated carbocycles. The van der Waals surface area contributed by atoms with Crippen LogP contribution in [0.2, 0.25) is 0 Å². The van der Waals surface area contributed by atoms with Crippen molar-refractivity contribution >= 4 is 22.6 Å². The van der Waals surface area contributed by atoms with Crippen molar-refractivity contribution in [1.29, 1.82) is 0 Å². The first-order chi connectivity index (χ1) is 10.7. The molecule has 0 radical (unpaired) electrons.